The fourth-order valence-corrected chi connectivity index (χ4v) is 6.70. The molecule has 2 fully saturated rings. The van der Waals surface area contributed by atoms with Gasteiger partial charge >= 0.3 is 6.09 Å². The van der Waals surface area contributed by atoms with E-state index in [1.54, 1.807) is 17.0 Å². The van der Waals surface area contributed by atoms with E-state index < -0.39 is 12.1 Å². The normalized spacial score (nSPS) is 17.2. The monoisotopic (exact) mass is 636 g/mol. The minimum absolute atomic E-state index is 0.0823. The Balaban J connectivity index is 1.15. The van der Waals surface area contributed by atoms with E-state index >= 15 is 0 Å². The third-order valence-electron chi connectivity index (χ3n) is 8.94. The Labute approximate surface area is 269 Å². The van der Waals surface area contributed by atoms with Gasteiger partial charge in [-0.25, -0.2) is 9.18 Å². The molecule has 0 aliphatic carbocycles. The van der Waals surface area contributed by atoms with Crippen LogP contribution < -0.4 is 10.1 Å². The fraction of sp³-hybridized carbons (Fsp3) is 0.429. The van der Waals surface area contributed by atoms with Gasteiger partial charge in [0.25, 0.3) is 0 Å². The number of nitrogens with one attached hydrogen (secondary N) is 1. The lowest BCUT2D eigenvalue weighted by atomic mass is 9.88. The zero-order chi connectivity index (χ0) is 31.8. The highest BCUT2D eigenvalue weighted by atomic mass is 35.5. The standard InChI is InChI=1S/C35H42ClFN4O4/c1-2-45-32-10-6-9-31(37)30(32)24-40-19-21-41(22-20-40)34(42)33(38-35(43)44)26-13-16-39(17-14-26)18-15-27-23-28(36)11-12-29(27)25-7-4-3-5-8-25/h3-12,23,26,33,38H,2,13-22,24H2,1H3,(H,43,44)/t33-/m1/s1. The van der Waals surface area contributed by atoms with Gasteiger partial charge in [0, 0.05) is 49.9 Å². The van der Waals surface area contributed by atoms with Crippen LogP contribution in [0.3, 0.4) is 0 Å². The van der Waals surface area contributed by atoms with E-state index in [4.69, 9.17) is 16.3 Å². The molecule has 3 aromatic carbocycles. The first-order valence-corrected chi connectivity index (χ1v) is 16.2. The summed E-state index contributed by atoms with van der Waals surface area (Å²) >= 11 is 6.36. The van der Waals surface area contributed by atoms with E-state index in [1.807, 2.05) is 37.3 Å². The number of piperazine rings is 1. The second kappa shape index (κ2) is 15.6. The molecule has 3 aromatic rings. The highest BCUT2D eigenvalue weighted by Gasteiger charge is 2.36. The highest BCUT2D eigenvalue weighted by molar-refractivity contribution is 6.30. The van der Waals surface area contributed by atoms with Gasteiger partial charge in [0.05, 0.1) is 6.61 Å². The summed E-state index contributed by atoms with van der Waals surface area (Å²) < 4.78 is 20.2. The van der Waals surface area contributed by atoms with Crippen molar-refractivity contribution in [3.05, 3.63) is 88.7 Å². The first-order valence-electron chi connectivity index (χ1n) is 15.8. The molecule has 2 saturated heterocycles. The number of halogens is 2. The second-order valence-corrected chi connectivity index (χ2v) is 12.2. The molecule has 0 bridgehead atoms. The van der Waals surface area contributed by atoms with Crippen LogP contribution in [-0.4, -0.2) is 90.3 Å². The molecule has 45 heavy (non-hydrogen) atoms. The van der Waals surface area contributed by atoms with Crippen molar-refractivity contribution in [1.29, 1.82) is 0 Å². The van der Waals surface area contributed by atoms with E-state index in [0.717, 1.165) is 44.5 Å². The average Bonchev–Trinajstić information content (AvgIpc) is 3.05. The molecule has 2 heterocycles. The molecule has 0 saturated carbocycles. The summed E-state index contributed by atoms with van der Waals surface area (Å²) in [6.45, 7) is 7.18. The van der Waals surface area contributed by atoms with Gasteiger partial charge in [-0.15, -0.1) is 0 Å². The number of hydrogen-bond donors (Lipinski definition) is 2. The second-order valence-electron chi connectivity index (χ2n) is 11.8. The quantitative estimate of drug-likeness (QED) is 0.278. The first-order chi connectivity index (χ1) is 21.8. The average molecular weight is 637 g/mol. The summed E-state index contributed by atoms with van der Waals surface area (Å²) in [5.41, 5.74) is 4.05. The van der Waals surface area contributed by atoms with Crippen LogP contribution in [-0.2, 0) is 17.8 Å². The third kappa shape index (κ3) is 8.54. The van der Waals surface area contributed by atoms with E-state index in [2.05, 4.69) is 33.3 Å². The number of likely N-dealkylation sites (tertiary alicyclic amines) is 1. The van der Waals surface area contributed by atoms with Gasteiger partial charge in [0.2, 0.25) is 5.91 Å². The van der Waals surface area contributed by atoms with Crippen LogP contribution in [0.5, 0.6) is 5.75 Å². The number of amides is 2. The number of carbonyl (C=O) groups excluding carboxylic acids is 1. The third-order valence-corrected chi connectivity index (χ3v) is 9.17. The lowest BCUT2D eigenvalue weighted by Crippen LogP contribution is -2.58. The number of hydrogen-bond acceptors (Lipinski definition) is 5. The maximum Gasteiger partial charge on any atom is 0.405 e. The molecule has 2 N–H and O–H groups in total. The number of piperidine rings is 1. The van der Waals surface area contributed by atoms with Gasteiger partial charge < -0.3 is 25.0 Å². The van der Waals surface area contributed by atoms with Crippen molar-refractivity contribution in [2.24, 2.45) is 5.92 Å². The van der Waals surface area contributed by atoms with Crippen molar-refractivity contribution in [3.63, 3.8) is 0 Å². The topological polar surface area (TPSA) is 85.3 Å². The Morgan fingerprint density at radius 1 is 0.978 bits per heavy atom. The molecule has 2 amide bonds. The van der Waals surface area contributed by atoms with E-state index in [1.165, 1.54) is 17.2 Å². The van der Waals surface area contributed by atoms with Crippen molar-refractivity contribution < 1.29 is 23.8 Å². The Kier molecular flexibility index (Phi) is 11.3. The SMILES string of the molecule is CCOc1cccc(F)c1CN1CCN(C(=O)[C@H](NC(=O)O)C2CCN(CCc3cc(Cl)ccc3-c3ccccc3)CC2)CC1. The van der Waals surface area contributed by atoms with Gasteiger partial charge in [0.1, 0.15) is 17.6 Å². The van der Waals surface area contributed by atoms with Gasteiger partial charge in [-0.2, -0.15) is 0 Å². The van der Waals surface area contributed by atoms with Gasteiger partial charge in [0.15, 0.2) is 0 Å². The number of rotatable bonds is 11. The Hall–Kier alpha value is -3.66. The van der Waals surface area contributed by atoms with Crippen LogP contribution in [0.1, 0.15) is 30.9 Å². The first kappa shape index (κ1) is 32.7. The summed E-state index contributed by atoms with van der Waals surface area (Å²) in [5.74, 6) is -0.0260. The summed E-state index contributed by atoms with van der Waals surface area (Å²) in [4.78, 5) is 31.6. The van der Waals surface area contributed by atoms with Crippen LogP contribution in [0.2, 0.25) is 5.02 Å². The predicted molar refractivity (Wildman–Crippen MR) is 174 cm³/mol. The Morgan fingerprint density at radius 2 is 1.71 bits per heavy atom. The van der Waals surface area contributed by atoms with Crippen LogP contribution in [0.4, 0.5) is 9.18 Å². The van der Waals surface area contributed by atoms with Crippen molar-refractivity contribution in [2.75, 3.05) is 52.4 Å². The molecule has 2 aliphatic rings. The molecule has 0 radical (unpaired) electrons. The lowest BCUT2D eigenvalue weighted by molar-refractivity contribution is -0.137. The Bertz CT molecular complexity index is 1440. The summed E-state index contributed by atoms with van der Waals surface area (Å²) in [5, 5.41) is 12.9. The Morgan fingerprint density at radius 3 is 2.40 bits per heavy atom. The maximum absolute atomic E-state index is 14.6. The van der Waals surface area contributed by atoms with E-state index in [9.17, 15) is 19.1 Å². The van der Waals surface area contributed by atoms with Crippen molar-refractivity contribution in [2.45, 2.75) is 38.8 Å². The summed E-state index contributed by atoms with van der Waals surface area (Å²) in [6, 6.07) is 20.4. The molecule has 8 nitrogen and oxygen atoms in total. The molecule has 2 aliphatic heterocycles. The van der Waals surface area contributed by atoms with Crippen LogP contribution in [0.15, 0.2) is 66.7 Å². The van der Waals surface area contributed by atoms with Crippen molar-refractivity contribution >= 4 is 23.6 Å². The van der Waals surface area contributed by atoms with Gasteiger partial charge in [-0.05, 0) is 86.1 Å². The number of benzene rings is 3. The number of ether oxygens (including phenoxy) is 1. The molecule has 5 rings (SSSR count). The molecule has 0 unspecified atom stereocenters. The lowest BCUT2D eigenvalue weighted by Gasteiger charge is -2.40. The molecular formula is C35H42ClFN4O4. The fourth-order valence-electron chi connectivity index (χ4n) is 6.50. The van der Waals surface area contributed by atoms with Crippen LogP contribution in [0.25, 0.3) is 11.1 Å². The molecule has 0 aromatic heterocycles. The molecule has 10 heteroatoms. The van der Waals surface area contributed by atoms with Crippen molar-refractivity contribution in [1.82, 2.24) is 20.0 Å². The minimum Gasteiger partial charge on any atom is -0.493 e. The minimum atomic E-state index is -1.19. The van der Waals surface area contributed by atoms with E-state index in [0.29, 0.717) is 55.7 Å². The zero-order valence-corrected chi connectivity index (χ0v) is 26.5. The van der Waals surface area contributed by atoms with Crippen LogP contribution in [0, 0.1) is 11.7 Å². The molecule has 240 valence electrons. The van der Waals surface area contributed by atoms with Gasteiger partial charge in [-0.1, -0.05) is 54.1 Å². The molecular weight excluding hydrogens is 595 g/mol. The zero-order valence-electron chi connectivity index (χ0n) is 25.8. The summed E-state index contributed by atoms with van der Waals surface area (Å²) in [7, 11) is 0. The summed E-state index contributed by atoms with van der Waals surface area (Å²) in [6.07, 6.45) is 1.11. The van der Waals surface area contributed by atoms with Crippen molar-refractivity contribution in [3.8, 4) is 16.9 Å². The van der Waals surface area contributed by atoms with Gasteiger partial charge in [-0.3, -0.25) is 9.69 Å². The number of carboxylic acid groups (broad SMARTS) is 1. The maximum atomic E-state index is 14.6. The number of nitrogens with zero attached hydrogens (tertiary/aromatic N) is 3. The van der Waals surface area contributed by atoms with Crippen LogP contribution >= 0.6 is 11.6 Å². The smallest absolute Gasteiger partial charge is 0.405 e. The highest BCUT2D eigenvalue weighted by Crippen LogP contribution is 2.29. The number of carbonyl (C=O) groups is 2. The van der Waals surface area contributed by atoms with E-state index in [-0.39, 0.29) is 17.6 Å². The largest absolute Gasteiger partial charge is 0.493 e. The molecule has 0 spiro atoms. The predicted octanol–water partition coefficient (Wildman–Crippen LogP) is 5.78. The molecule has 1 atom stereocenters.